The monoisotopic (exact) mass is 400 g/mol. The molecular weight excluding hydrogens is 380 g/mol. The molecule has 0 bridgehead atoms. The minimum absolute atomic E-state index is 0.728. The number of benzene rings is 3. The zero-order valence-corrected chi connectivity index (χ0v) is 17.0. The van der Waals surface area contributed by atoms with Crippen LogP contribution in [-0.2, 0) is 6.42 Å². The second-order valence-corrected chi connectivity index (χ2v) is 7.78. The summed E-state index contributed by atoms with van der Waals surface area (Å²) in [6.07, 6.45) is 6.39. The van der Waals surface area contributed by atoms with Crippen LogP contribution >= 0.6 is 0 Å². The lowest BCUT2D eigenvalue weighted by Crippen LogP contribution is -1.95. The van der Waals surface area contributed by atoms with Crippen LogP contribution in [0.1, 0.15) is 17.7 Å². The van der Waals surface area contributed by atoms with Gasteiger partial charge >= 0.3 is 0 Å². The Morgan fingerprint density at radius 2 is 1.39 bits per heavy atom. The molecule has 3 heteroatoms. The molecule has 0 spiro atoms. The number of aromatic nitrogens is 2. The fourth-order valence-electron chi connectivity index (χ4n) is 4.18. The predicted octanol–water partition coefficient (Wildman–Crippen LogP) is 7.18. The molecule has 0 saturated heterocycles. The molecule has 0 radical (unpaired) electrons. The summed E-state index contributed by atoms with van der Waals surface area (Å²) < 4.78 is 6.08. The van der Waals surface area contributed by atoms with Crippen LogP contribution < -0.4 is 0 Å². The van der Waals surface area contributed by atoms with Crippen molar-refractivity contribution in [2.24, 2.45) is 0 Å². The third-order valence-corrected chi connectivity index (χ3v) is 5.75. The molecule has 6 rings (SSSR count). The van der Waals surface area contributed by atoms with Crippen LogP contribution in [0.2, 0.25) is 0 Å². The van der Waals surface area contributed by atoms with Gasteiger partial charge in [0.25, 0.3) is 0 Å². The van der Waals surface area contributed by atoms with Crippen LogP contribution in [0.3, 0.4) is 0 Å². The lowest BCUT2D eigenvalue weighted by Gasteiger charge is -2.09. The maximum Gasteiger partial charge on any atom is 0.160 e. The largest absolute Gasteiger partial charge is 0.460 e. The molecule has 0 atom stereocenters. The summed E-state index contributed by atoms with van der Waals surface area (Å²) in [6.45, 7) is 0. The third-order valence-electron chi connectivity index (χ3n) is 5.75. The average Bonchev–Trinajstić information content (AvgIpc) is 3.23. The second-order valence-electron chi connectivity index (χ2n) is 7.78. The van der Waals surface area contributed by atoms with Gasteiger partial charge in [0, 0.05) is 34.1 Å². The smallest absolute Gasteiger partial charge is 0.160 e. The van der Waals surface area contributed by atoms with Gasteiger partial charge in [-0.1, -0.05) is 72.8 Å². The Balaban J connectivity index is 1.55. The Labute approximate surface area is 180 Å². The molecule has 1 aliphatic rings. The van der Waals surface area contributed by atoms with Crippen LogP contribution in [0.15, 0.2) is 95.4 Å². The van der Waals surface area contributed by atoms with Crippen LogP contribution in [0.5, 0.6) is 0 Å². The van der Waals surface area contributed by atoms with Gasteiger partial charge in [0.2, 0.25) is 0 Å². The summed E-state index contributed by atoms with van der Waals surface area (Å²) in [6, 6.07) is 28.8. The van der Waals surface area contributed by atoms with Crippen LogP contribution in [-0.4, -0.2) is 9.97 Å². The molecule has 0 fully saturated rings. The molecule has 3 aromatic carbocycles. The highest BCUT2D eigenvalue weighted by atomic mass is 16.3. The van der Waals surface area contributed by atoms with Gasteiger partial charge in [-0.25, -0.2) is 9.97 Å². The molecule has 3 nitrogen and oxygen atoms in total. The van der Waals surface area contributed by atoms with E-state index < -0.39 is 0 Å². The molecule has 31 heavy (non-hydrogen) atoms. The normalized spacial score (nSPS) is 12.8. The molecule has 1 aliphatic carbocycles. The fourth-order valence-corrected chi connectivity index (χ4v) is 4.18. The highest BCUT2D eigenvalue weighted by Crippen LogP contribution is 2.35. The molecular formula is C28H20N2O. The third kappa shape index (κ3) is 3.24. The van der Waals surface area contributed by atoms with E-state index in [1.54, 1.807) is 0 Å². The highest BCUT2D eigenvalue weighted by molar-refractivity contribution is 5.92. The molecule has 148 valence electrons. The van der Waals surface area contributed by atoms with Crippen molar-refractivity contribution < 1.29 is 4.42 Å². The van der Waals surface area contributed by atoms with Gasteiger partial charge in [0.1, 0.15) is 11.3 Å². The van der Waals surface area contributed by atoms with E-state index in [1.807, 2.05) is 48.5 Å². The van der Waals surface area contributed by atoms with Crippen molar-refractivity contribution in [1.82, 2.24) is 9.97 Å². The lowest BCUT2D eigenvalue weighted by molar-refractivity contribution is 0.546. The summed E-state index contributed by atoms with van der Waals surface area (Å²) in [4.78, 5) is 9.82. The first-order valence-electron chi connectivity index (χ1n) is 10.6. The SMILES string of the molecule is C1=Cc2c(oc3ccc(-c4cc(-c5ccccc5)nc(-c5ccccc5)n4)cc23)CC1. The molecule has 5 aromatic rings. The Kier molecular flexibility index (Phi) is 4.24. The summed E-state index contributed by atoms with van der Waals surface area (Å²) in [5.41, 5.74) is 7.10. The number of nitrogens with zero attached hydrogens (tertiary/aromatic N) is 2. The van der Waals surface area contributed by atoms with E-state index in [0.717, 1.165) is 63.5 Å². The van der Waals surface area contributed by atoms with E-state index in [0.29, 0.717) is 0 Å². The van der Waals surface area contributed by atoms with E-state index in [1.165, 1.54) is 5.56 Å². The quantitative estimate of drug-likeness (QED) is 0.322. The van der Waals surface area contributed by atoms with Gasteiger partial charge in [-0.15, -0.1) is 0 Å². The van der Waals surface area contributed by atoms with Gasteiger partial charge < -0.3 is 4.42 Å². The zero-order valence-electron chi connectivity index (χ0n) is 17.0. The first-order valence-corrected chi connectivity index (χ1v) is 10.6. The van der Waals surface area contributed by atoms with Crippen molar-refractivity contribution in [2.45, 2.75) is 12.8 Å². The van der Waals surface area contributed by atoms with E-state index >= 15 is 0 Å². The Morgan fingerprint density at radius 1 is 0.677 bits per heavy atom. The number of hydrogen-bond donors (Lipinski definition) is 0. The second kappa shape index (κ2) is 7.37. The number of allylic oxidation sites excluding steroid dienone is 1. The Morgan fingerprint density at radius 3 is 2.16 bits per heavy atom. The summed E-state index contributed by atoms with van der Waals surface area (Å²) in [5.74, 6) is 1.80. The fraction of sp³-hybridized carbons (Fsp3) is 0.0714. The van der Waals surface area contributed by atoms with Crippen molar-refractivity contribution >= 4 is 17.0 Å². The molecule has 0 saturated carbocycles. The van der Waals surface area contributed by atoms with Crippen LogP contribution in [0, 0.1) is 0 Å². The molecule has 0 amide bonds. The number of aryl methyl sites for hydroxylation is 1. The van der Waals surface area contributed by atoms with Crippen LogP contribution in [0.25, 0.3) is 50.9 Å². The minimum atomic E-state index is 0.728. The zero-order chi connectivity index (χ0) is 20.6. The molecule has 0 N–H and O–H groups in total. The van der Waals surface area contributed by atoms with Crippen molar-refractivity contribution in [1.29, 1.82) is 0 Å². The minimum Gasteiger partial charge on any atom is -0.460 e. The number of fused-ring (bicyclic) bond motifs is 3. The molecule has 0 unspecified atom stereocenters. The van der Waals surface area contributed by atoms with Crippen molar-refractivity contribution in [3.63, 3.8) is 0 Å². The average molecular weight is 400 g/mol. The van der Waals surface area contributed by atoms with Crippen molar-refractivity contribution in [3.8, 4) is 33.9 Å². The molecule has 0 aliphatic heterocycles. The molecule has 2 aromatic heterocycles. The number of rotatable bonds is 3. The van der Waals surface area contributed by atoms with Crippen LogP contribution in [0.4, 0.5) is 0 Å². The Hall–Kier alpha value is -3.98. The van der Waals surface area contributed by atoms with Gasteiger partial charge in [-0.2, -0.15) is 0 Å². The summed E-state index contributed by atoms with van der Waals surface area (Å²) in [7, 11) is 0. The van der Waals surface area contributed by atoms with E-state index in [4.69, 9.17) is 14.4 Å². The van der Waals surface area contributed by atoms with Crippen molar-refractivity contribution in [2.75, 3.05) is 0 Å². The lowest BCUT2D eigenvalue weighted by atomic mass is 10.00. The predicted molar refractivity (Wildman–Crippen MR) is 125 cm³/mol. The van der Waals surface area contributed by atoms with Gasteiger partial charge in [-0.05, 0) is 30.7 Å². The standard InChI is InChI=1S/C28H20N2O/c1-3-9-19(10-4-1)24-18-25(30-28(29-24)20-11-5-2-6-12-20)21-15-16-27-23(17-21)22-13-7-8-14-26(22)31-27/h1-7,9-13,15-18H,8,14H2. The Bertz CT molecular complexity index is 1360. The van der Waals surface area contributed by atoms with Gasteiger partial charge in [0.05, 0.1) is 11.4 Å². The van der Waals surface area contributed by atoms with E-state index in [9.17, 15) is 0 Å². The van der Waals surface area contributed by atoms with E-state index in [-0.39, 0.29) is 0 Å². The number of hydrogen-bond acceptors (Lipinski definition) is 3. The molecule has 2 heterocycles. The van der Waals surface area contributed by atoms with E-state index in [2.05, 4.69) is 48.6 Å². The highest BCUT2D eigenvalue weighted by Gasteiger charge is 2.16. The topological polar surface area (TPSA) is 38.9 Å². The van der Waals surface area contributed by atoms with Gasteiger partial charge in [0.15, 0.2) is 5.82 Å². The first-order chi connectivity index (χ1) is 15.3. The summed E-state index contributed by atoms with van der Waals surface area (Å²) in [5, 5.41) is 1.14. The summed E-state index contributed by atoms with van der Waals surface area (Å²) >= 11 is 0. The first kappa shape index (κ1) is 17.8. The van der Waals surface area contributed by atoms with Gasteiger partial charge in [-0.3, -0.25) is 0 Å². The maximum absolute atomic E-state index is 6.08. The van der Waals surface area contributed by atoms with Crippen molar-refractivity contribution in [3.05, 3.63) is 102 Å². The number of furan rings is 1. The maximum atomic E-state index is 6.08.